The van der Waals surface area contributed by atoms with Crippen molar-refractivity contribution in [2.45, 2.75) is 25.1 Å². The maximum absolute atomic E-state index is 13.3. The highest BCUT2D eigenvalue weighted by atomic mass is 35.5. The van der Waals surface area contributed by atoms with Crippen LogP contribution >= 0.6 is 11.6 Å². The van der Waals surface area contributed by atoms with Crippen molar-refractivity contribution in [2.75, 3.05) is 13.1 Å². The number of piperidine rings is 1. The van der Waals surface area contributed by atoms with Crippen molar-refractivity contribution in [1.82, 2.24) is 14.7 Å². The quantitative estimate of drug-likeness (QED) is 0.624. The van der Waals surface area contributed by atoms with Gasteiger partial charge in [-0.2, -0.15) is 18.3 Å². The molecule has 2 aromatic carbocycles. The summed E-state index contributed by atoms with van der Waals surface area (Å²) in [7, 11) is 0. The van der Waals surface area contributed by atoms with Crippen molar-refractivity contribution < 1.29 is 23.1 Å². The number of amides is 1. The van der Waals surface area contributed by atoms with E-state index in [-0.39, 0.29) is 23.2 Å². The van der Waals surface area contributed by atoms with E-state index in [1.807, 2.05) is 0 Å². The topological polar surface area (TPSA) is 58.4 Å². The number of para-hydroxylation sites is 1. The Morgan fingerprint density at radius 1 is 1.13 bits per heavy atom. The number of likely N-dealkylation sites (tertiary alicyclic amines) is 1. The number of aliphatic hydroxyl groups is 1. The first-order valence-corrected chi connectivity index (χ1v) is 10.1. The van der Waals surface area contributed by atoms with Crippen molar-refractivity contribution in [1.29, 1.82) is 0 Å². The van der Waals surface area contributed by atoms with Crippen molar-refractivity contribution in [3.05, 3.63) is 70.9 Å². The maximum Gasteiger partial charge on any atom is 0.435 e. The molecule has 0 unspecified atom stereocenters. The number of hydrogen-bond donors (Lipinski definition) is 1. The SMILES string of the molecule is O=C(c1ccc(-c2cc(C(F)(F)F)nn2-c2ccccc2Cl)cc1)N1CCC[C@@H](O)C1. The highest BCUT2D eigenvalue weighted by Gasteiger charge is 2.35. The van der Waals surface area contributed by atoms with Crippen LogP contribution in [0.1, 0.15) is 28.9 Å². The van der Waals surface area contributed by atoms with Crippen molar-refractivity contribution in [3.63, 3.8) is 0 Å². The van der Waals surface area contributed by atoms with E-state index in [0.29, 0.717) is 29.8 Å². The number of β-amino-alcohol motifs (C(OH)–C–C–N with tert-alkyl or cyclic N) is 1. The fraction of sp³-hybridized carbons (Fsp3) is 0.273. The highest BCUT2D eigenvalue weighted by Crippen LogP contribution is 2.34. The molecule has 0 radical (unpaired) electrons. The van der Waals surface area contributed by atoms with Crippen LogP contribution in [-0.2, 0) is 6.18 Å². The van der Waals surface area contributed by atoms with Gasteiger partial charge >= 0.3 is 6.18 Å². The standard InChI is InChI=1S/C22H19ClF3N3O2/c23-17-5-1-2-6-18(17)29-19(12-20(27-29)22(24,25)26)14-7-9-15(10-8-14)21(31)28-11-3-4-16(30)13-28/h1-2,5-10,12,16,30H,3-4,11,13H2/t16-/m1/s1. The zero-order valence-corrected chi connectivity index (χ0v) is 17.1. The molecule has 1 fully saturated rings. The van der Waals surface area contributed by atoms with Crippen LogP contribution in [0.3, 0.4) is 0 Å². The van der Waals surface area contributed by atoms with Crippen molar-refractivity contribution in [2.24, 2.45) is 0 Å². The summed E-state index contributed by atoms with van der Waals surface area (Å²) in [4.78, 5) is 14.3. The van der Waals surface area contributed by atoms with E-state index in [4.69, 9.17) is 11.6 Å². The molecule has 1 aromatic heterocycles. The Hall–Kier alpha value is -2.84. The first-order valence-electron chi connectivity index (χ1n) is 9.74. The molecule has 9 heteroatoms. The number of nitrogens with zero attached hydrogens (tertiary/aromatic N) is 3. The highest BCUT2D eigenvalue weighted by molar-refractivity contribution is 6.32. The summed E-state index contributed by atoms with van der Waals surface area (Å²) in [5.74, 6) is -0.221. The number of alkyl halides is 3. The second kappa shape index (κ2) is 8.36. The Kier molecular flexibility index (Phi) is 5.77. The van der Waals surface area contributed by atoms with Gasteiger partial charge in [0.25, 0.3) is 5.91 Å². The van der Waals surface area contributed by atoms with Gasteiger partial charge in [0.2, 0.25) is 0 Å². The van der Waals surface area contributed by atoms with Crippen LogP contribution in [0, 0.1) is 0 Å². The van der Waals surface area contributed by atoms with Gasteiger partial charge in [-0.15, -0.1) is 0 Å². The van der Waals surface area contributed by atoms with Gasteiger partial charge in [0.1, 0.15) is 0 Å². The molecule has 31 heavy (non-hydrogen) atoms. The lowest BCUT2D eigenvalue weighted by Crippen LogP contribution is -2.42. The number of halogens is 4. The van der Waals surface area contributed by atoms with Crippen LogP contribution in [0.15, 0.2) is 54.6 Å². The van der Waals surface area contributed by atoms with Gasteiger partial charge in [0, 0.05) is 24.2 Å². The molecule has 3 aromatic rings. The number of aliphatic hydroxyl groups excluding tert-OH is 1. The summed E-state index contributed by atoms with van der Waals surface area (Å²) in [5, 5.41) is 13.8. The van der Waals surface area contributed by atoms with E-state index in [1.54, 1.807) is 53.4 Å². The third kappa shape index (κ3) is 4.45. The molecule has 1 N–H and O–H groups in total. The molecule has 0 bridgehead atoms. The number of rotatable bonds is 3. The molecule has 1 aliphatic rings. The van der Waals surface area contributed by atoms with Gasteiger partial charge < -0.3 is 10.0 Å². The summed E-state index contributed by atoms with van der Waals surface area (Å²) >= 11 is 6.19. The normalized spacial score (nSPS) is 17.1. The molecule has 0 spiro atoms. The lowest BCUT2D eigenvalue weighted by atomic mass is 10.0. The summed E-state index contributed by atoms with van der Waals surface area (Å²) in [6.07, 6.45) is -3.77. The molecular weight excluding hydrogens is 431 g/mol. The molecule has 1 saturated heterocycles. The fourth-order valence-electron chi connectivity index (χ4n) is 3.64. The van der Waals surface area contributed by atoms with Crippen LogP contribution < -0.4 is 0 Å². The fourth-order valence-corrected chi connectivity index (χ4v) is 3.85. The van der Waals surface area contributed by atoms with Crippen molar-refractivity contribution >= 4 is 17.5 Å². The predicted octanol–water partition coefficient (Wildman–Crippen LogP) is 4.81. The van der Waals surface area contributed by atoms with E-state index in [0.717, 1.165) is 17.2 Å². The van der Waals surface area contributed by atoms with Crippen LogP contribution in [0.2, 0.25) is 5.02 Å². The van der Waals surface area contributed by atoms with Crippen LogP contribution in [-0.4, -0.2) is 44.9 Å². The van der Waals surface area contributed by atoms with Gasteiger partial charge in [0.15, 0.2) is 5.69 Å². The van der Waals surface area contributed by atoms with E-state index in [2.05, 4.69) is 5.10 Å². The summed E-state index contributed by atoms with van der Waals surface area (Å²) in [6.45, 7) is 0.834. The molecule has 5 nitrogen and oxygen atoms in total. The molecule has 0 aliphatic carbocycles. The number of aromatic nitrogens is 2. The lowest BCUT2D eigenvalue weighted by molar-refractivity contribution is -0.141. The minimum Gasteiger partial charge on any atom is -0.391 e. The Morgan fingerprint density at radius 3 is 2.48 bits per heavy atom. The number of carbonyl (C=O) groups excluding carboxylic acids is 1. The minimum absolute atomic E-state index is 0.202. The molecule has 1 amide bonds. The van der Waals surface area contributed by atoms with E-state index in [1.165, 1.54) is 0 Å². The van der Waals surface area contributed by atoms with Gasteiger partial charge in [-0.1, -0.05) is 35.9 Å². The molecule has 1 atom stereocenters. The van der Waals surface area contributed by atoms with E-state index >= 15 is 0 Å². The molecule has 2 heterocycles. The summed E-state index contributed by atoms with van der Waals surface area (Å²) < 4.78 is 41.2. The van der Waals surface area contributed by atoms with Gasteiger partial charge in [0.05, 0.1) is 22.5 Å². The Morgan fingerprint density at radius 2 is 1.84 bits per heavy atom. The second-order valence-corrected chi connectivity index (χ2v) is 7.81. The van der Waals surface area contributed by atoms with Crippen LogP contribution in [0.5, 0.6) is 0 Å². The third-order valence-electron chi connectivity index (χ3n) is 5.19. The molecule has 0 saturated carbocycles. The molecule has 1 aliphatic heterocycles. The smallest absolute Gasteiger partial charge is 0.391 e. The Labute approximate surface area is 181 Å². The lowest BCUT2D eigenvalue weighted by Gasteiger charge is -2.30. The summed E-state index contributed by atoms with van der Waals surface area (Å²) in [6, 6.07) is 13.7. The Bertz CT molecular complexity index is 1100. The van der Waals surface area contributed by atoms with Crippen LogP contribution in [0.4, 0.5) is 13.2 Å². The largest absolute Gasteiger partial charge is 0.435 e. The predicted molar refractivity (Wildman–Crippen MR) is 110 cm³/mol. The number of carbonyl (C=O) groups is 1. The van der Waals surface area contributed by atoms with E-state index in [9.17, 15) is 23.1 Å². The molecule has 4 rings (SSSR count). The average Bonchev–Trinajstić information content (AvgIpc) is 3.19. The average molecular weight is 450 g/mol. The van der Waals surface area contributed by atoms with Gasteiger partial charge in [-0.05, 0) is 43.2 Å². The Balaban J connectivity index is 1.70. The number of hydrogen-bond acceptors (Lipinski definition) is 3. The zero-order chi connectivity index (χ0) is 22.2. The first-order chi connectivity index (χ1) is 14.7. The van der Waals surface area contributed by atoms with Crippen LogP contribution in [0.25, 0.3) is 16.9 Å². The monoisotopic (exact) mass is 449 g/mol. The first kappa shape index (κ1) is 21.4. The minimum atomic E-state index is -4.62. The zero-order valence-electron chi connectivity index (χ0n) is 16.3. The van der Waals surface area contributed by atoms with E-state index < -0.39 is 18.0 Å². The second-order valence-electron chi connectivity index (χ2n) is 7.40. The number of benzene rings is 2. The van der Waals surface area contributed by atoms with Gasteiger partial charge in [-0.3, -0.25) is 4.79 Å². The van der Waals surface area contributed by atoms with Crippen molar-refractivity contribution in [3.8, 4) is 16.9 Å². The van der Waals surface area contributed by atoms with Gasteiger partial charge in [-0.25, -0.2) is 4.68 Å². The molecular formula is C22H19ClF3N3O2. The maximum atomic E-state index is 13.3. The molecule has 162 valence electrons. The summed E-state index contributed by atoms with van der Waals surface area (Å²) in [5.41, 5.74) is 0.339. The third-order valence-corrected chi connectivity index (χ3v) is 5.51.